The normalized spacial score (nSPS) is 17.7. The van der Waals surface area contributed by atoms with Gasteiger partial charge >= 0.3 is 0 Å². The Kier molecular flexibility index (Phi) is 5.88. The van der Waals surface area contributed by atoms with E-state index in [1.165, 1.54) is 11.3 Å². The van der Waals surface area contributed by atoms with E-state index in [0.29, 0.717) is 4.21 Å². The maximum Gasteiger partial charge on any atom is 0.250 e. The van der Waals surface area contributed by atoms with Crippen LogP contribution < -0.4 is 10.0 Å². The molecule has 0 amide bonds. The maximum atomic E-state index is 12.0. The zero-order valence-electron chi connectivity index (χ0n) is 8.98. The van der Waals surface area contributed by atoms with Gasteiger partial charge in [-0.05, 0) is 54.0 Å². The molecule has 0 atom stereocenters. The summed E-state index contributed by atoms with van der Waals surface area (Å²) in [6.07, 6.45) is 1.71. The van der Waals surface area contributed by atoms with Crippen molar-refractivity contribution in [1.82, 2.24) is 10.0 Å². The lowest BCUT2D eigenvalue weighted by Gasteiger charge is -2.23. The molecule has 1 aromatic heterocycles. The first-order chi connectivity index (χ1) is 7.58. The summed E-state index contributed by atoms with van der Waals surface area (Å²) in [5.41, 5.74) is 0. The van der Waals surface area contributed by atoms with Gasteiger partial charge in [0.1, 0.15) is 4.21 Å². The third-order valence-corrected chi connectivity index (χ3v) is 6.11. The van der Waals surface area contributed by atoms with E-state index < -0.39 is 10.0 Å². The number of sulfonamides is 1. The van der Waals surface area contributed by atoms with Crippen molar-refractivity contribution in [1.29, 1.82) is 0 Å². The number of halogens is 2. The van der Waals surface area contributed by atoms with Crippen molar-refractivity contribution in [2.24, 2.45) is 0 Å². The first-order valence-electron chi connectivity index (χ1n) is 5.06. The van der Waals surface area contributed by atoms with Gasteiger partial charge in [0, 0.05) is 6.04 Å². The van der Waals surface area contributed by atoms with Crippen LogP contribution in [0.25, 0.3) is 0 Å². The van der Waals surface area contributed by atoms with Crippen LogP contribution in [0.15, 0.2) is 20.1 Å². The minimum Gasteiger partial charge on any atom is -0.317 e. The Morgan fingerprint density at radius 2 is 2.00 bits per heavy atom. The molecule has 1 aliphatic heterocycles. The summed E-state index contributed by atoms with van der Waals surface area (Å²) >= 11 is 4.50. The Morgan fingerprint density at radius 3 is 2.53 bits per heavy atom. The Labute approximate surface area is 120 Å². The van der Waals surface area contributed by atoms with Gasteiger partial charge in [0.2, 0.25) is 10.0 Å². The van der Waals surface area contributed by atoms with Crippen LogP contribution in [0.4, 0.5) is 0 Å². The summed E-state index contributed by atoms with van der Waals surface area (Å²) in [4.78, 5) is 0. The highest BCUT2D eigenvalue weighted by molar-refractivity contribution is 9.11. The fraction of sp³-hybridized carbons (Fsp3) is 0.556. The molecule has 0 unspecified atom stereocenters. The van der Waals surface area contributed by atoms with E-state index in [9.17, 15) is 8.42 Å². The molecule has 8 heteroatoms. The van der Waals surface area contributed by atoms with Crippen molar-refractivity contribution in [3.8, 4) is 0 Å². The van der Waals surface area contributed by atoms with Crippen LogP contribution >= 0.6 is 39.7 Å². The van der Waals surface area contributed by atoms with Crippen LogP contribution in [-0.2, 0) is 10.0 Å². The second-order valence-corrected chi connectivity index (χ2v) is 8.11. The SMILES string of the molecule is Cl.O=S(=O)(NC1CCNCC1)c1ccc(Br)s1. The summed E-state index contributed by atoms with van der Waals surface area (Å²) in [5.74, 6) is 0. The monoisotopic (exact) mass is 360 g/mol. The molecule has 0 bridgehead atoms. The van der Waals surface area contributed by atoms with Crippen LogP contribution in [0.3, 0.4) is 0 Å². The van der Waals surface area contributed by atoms with Crippen LogP contribution in [0, 0.1) is 0 Å². The predicted octanol–water partition coefficient (Wildman–Crippen LogP) is 1.96. The number of hydrogen-bond donors (Lipinski definition) is 2. The lowest BCUT2D eigenvalue weighted by atomic mass is 10.1. The zero-order valence-corrected chi connectivity index (χ0v) is 13.0. The first-order valence-corrected chi connectivity index (χ1v) is 8.15. The van der Waals surface area contributed by atoms with Gasteiger partial charge in [-0.1, -0.05) is 0 Å². The van der Waals surface area contributed by atoms with Gasteiger partial charge < -0.3 is 5.32 Å². The van der Waals surface area contributed by atoms with Crippen LogP contribution in [0.5, 0.6) is 0 Å². The van der Waals surface area contributed by atoms with E-state index in [1.54, 1.807) is 12.1 Å². The zero-order chi connectivity index (χ0) is 11.6. The molecule has 0 spiro atoms. The van der Waals surface area contributed by atoms with Gasteiger partial charge in [-0.25, -0.2) is 13.1 Å². The fourth-order valence-electron chi connectivity index (χ4n) is 1.66. The highest BCUT2D eigenvalue weighted by Gasteiger charge is 2.22. The summed E-state index contributed by atoms with van der Waals surface area (Å²) in [7, 11) is -3.33. The van der Waals surface area contributed by atoms with Crippen molar-refractivity contribution in [2.45, 2.75) is 23.1 Å². The Balaban J connectivity index is 0.00000144. The van der Waals surface area contributed by atoms with Crippen molar-refractivity contribution >= 4 is 49.7 Å². The van der Waals surface area contributed by atoms with E-state index in [0.717, 1.165) is 29.7 Å². The second kappa shape index (κ2) is 6.49. The molecule has 2 N–H and O–H groups in total. The fourth-order valence-corrected chi connectivity index (χ4v) is 4.99. The molecule has 17 heavy (non-hydrogen) atoms. The van der Waals surface area contributed by atoms with Crippen molar-refractivity contribution in [3.05, 3.63) is 15.9 Å². The second-order valence-electron chi connectivity index (χ2n) is 3.70. The third kappa shape index (κ3) is 4.18. The maximum absolute atomic E-state index is 12.0. The quantitative estimate of drug-likeness (QED) is 0.865. The molecule has 0 aromatic carbocycles. The van der Waals surface area contributed by atoms with Crippen LogP contribution in [-0.4, -0.2) is 27.5 Å². The van der Waals surface area contributed by atoms with E-state index in [-0.39, 0.29) is 18.4 Å². The Morgan fingerprint density at radius 1 is 1.35 bits per heavy atom. The topological polar surface area (TPSA) is 58.2 Å². The van der Waals surface area contributed by atoms with E-state index in [2.05, 4.69) is 26.0 Å². The average molecular weight is 362 g/mol. The Bertz CT molecular complexity index is 457. The predicted molar refractivity (Wildman–Crippen MR) is 75.5 cm³/mol. The molecule has 2 heterocycles. The Hall–Kier alpha value is 0.340. The van der Waals surface area contributed by atoms with Gasteiger partial charge in [0.15, 0.2) is 0 Å². The standard InChI is InChI=1S/C9H13BrN2O2S2.ClH/c10-8-1-2-9(15-8)16(13,14)12-7-3-5-11-6-4-7;/h1-2,7,11-12H,3-6H2;1H. The molecule has 98 valence electrons. The summed E-state index contributed by atoms with van der Waals surface area (Å²) in [5, 5.41) is 3.20. The average Bonchev–Trinajstić information content (AvgIpc) is 2.66. The molecule has 4 nitrogen and oxygen atoms in total. The molecule has 0 saturated carbocycles. The van der Waals surface area contributed by atoms with Gasteiger partial charge in [-0.3, -0.25) is 0 Å². The number of nitrogens with one attached hydrogen (secondary N) is 2. The number of thiophene rings is 1. The lowest BCUT2D eigenvalue weighted by molar-refractivity contribution is 0.427. The van der Waals surface area contributed by atoms with E-state index >= 15 is 0 Å². The highest BCUT2D eigenvalue weighted by Crippen LogP contribution is 2.26. The number of hydrogen-bond acceptors (Lipinski definition) is 4. The smallest absolute Gasteiger partial charge is 0.250 e. The number of piperidine rings is 1. The molecule has 1 aromatic rings. The first kappa shape index (κ1) is 15.4. The van der Waals surface area contributed by atoms with Crippen molar-refractivity contribution in [3.63, 3.8) is 0 Å². The molecular formula is C9H14BrClN2O2S2. The number of rotatable bonds is 3. The van der Waals surface area contributed by atoms with Crippen molar-refractivity contribution in [2.75, 3.05) is 13.1 Å². The summed E-state index contributed by atoms with van der Waals surface area (Å²) in [6.45, 7) is 1.75. The minimum atomic E-state index is -3.33. The molecular weight excluding hydrogens is 348 g/mol. The molecule has 2 rings (SSSR count). The van der Waals surface area contributed by atoms with Gasteiger partial charge in [0.25, 0.3) is 0 Å². The third-order valence-electron chi connectivity index (χ3n) is 2.47. The lowest BCUT2D eigenvalue weighted by Crippen LogP contribution is -2.42. The molecule has 1 aliphatic rings. The molecule has 1 fully saturated rings. The van der Waals surface area contributed by atoms with E-state index in [1.807, 2.05) is 0 Å². The molecule has 0 aliphatic carbocycles. The summed E-state index contributed by atoms with van der Waals surface area (Å²) < 4.78 is 27.9. The van der Waals surface area contributed by atoms with Crippen LogP contribution in [0.2, 0.25) is 0 Å². The van der Waals surface area contributed by atoms with Gasteiger partial charge in [0.05, 0.1) is 3.79 Å². The van der Waals surface area contributed by atoms with Crippen molar-refractivity contribution < 1.29 is 8.42 Å². The molecule has 1 saturated heterocycles. The van der Waals surface area contributed by atoms with E-state index in [4.69, 9.17) is 0 Å². The highest BCUT2D eigenvalue weighted by atomic mass is 79.9. The summed E-state index contributed by atoms with van der Waals surface area (Å²) in [6, 6.07) is 3.44. The van der Waals surface area contributed by atoms with Gasteiger partial charge in [-0.15, -0.1) is 23.7 Å². The largest absolute Gasteiger partial charge is 0.317 e. The minimum absolute atomic E-state index is 0. The van der Waals surface area contributed by atoms with Gasteiger partial charge in [-0.2, -0.15) is 0 Å². The van der Waals surface area contributed by atoms with Crippen LogP contribution in [0.1, 0.15) is 12.8 Å². The molecule has 0 radical (unpaired) electrons.